The highest BCUT2D eigenvalue weighted by atomic mass is 32.1. The fraction of sp³-hybridized carbons (Fsp3) is 0.692. The third kappa shape index (κ3) is 3.10. The van der Waals surface area contributed by atoms with Crippen molar-refractivity contribution in [2.24, 2.45) is 5.73 Å². The molecule has 0 saturated carbocycles. The first-order valence-corrected chi connectivity index (χ1v) is 7.22. The molecule has 0 aromatic carbocycles. The normalized spacial score (nSPS) is 25.0. The van der Waals surface area contributed by atoms with Gasteiger partial charge in [0, 0.05) is 28.9 Å². The number of hydrogen-bond acceptors (Lipinski definition) is 5. The molecule has 0 aliphatic carbocycles. The first-order chi connectivity index (χ1) is 8.61. The van der Waals surface area contributed by atoms with Crippen LogP contribution >= 0.6 is 11.3 Å². The van der Waals surface area contributed by atoms with Crippen molar-refractivity contribution >= 4 is 11.3 Å². The van der Waals surface area contributed by atoms with Crippen molar-refractivity contribution in [1.82, 2.24) is 4.90 Å². The molecule has 1 fully saturated rings. The molecule has 3 unspecified atom stereocenters. The molecule has 0 amide bonds. The summed E-state index contributed by atoms with van der Waals surface area (Å²) in [6.45, 7) is 6.52. The number of thiophene rings is 1. The van der Waals surface area contributed by atoms with Crippen molar-refractivity contribution in [2.45, 2.75) is 32.0 Å². The molecule has 5 heteroatoms. The molecule has 0 bridgehead atoms. The third-order valence-electron chi connectivity index (χ3n) is 3.32. The Hall–Kier alpha value is -0.460. The maximum Gasteiger partial charge on any atom is 0.0933 e. The molecular weight excluding hydrogens is 248 g/mol. The number of aliphatic hydroxyl groups is 1. The lowest BCUT2D eigenvalue weighted by Crippen LogP contribution is -2.49. The van der Waals surface area contributed by atoms with Crippen LogP contribution < -0.4 is 5.73 Å². The highest BCUT2D eigenvalue weighted by Gasteiger charge is 2.30. The molecule has 18 heavy (non-hydrogen) atoms. The van der Waals surface area contributed by atoms with E-state index in [9.17, 15) is 5.11 Å². The van der Waals surface area contributed by atoms with Gasteiger partial charge >= 0.3 is 0 Å². The van der Waals surface area contributed by atoms with Crippen LogP contribution in [0.3, 0.4) is 0 Å². The van der Waals surface area contributed by atoms with Crippen molar-refractivity contribution in [1.29, 1.82) is 0 Å². The minimum absolute atomic E-state index is 0.0699. The molecule has 2 rings (SSSR count). The molecule has 0 spiro atoms. The van der Waals surface area contributed by atoms with E-state index in [4.69, 9.17) is 10.5 Å². The van der Waals surface area contributed by atoms with Crippen molar-refractivity contribution in [2.75, 3.05) is 26.3 Å². The van der Waals surface area contributed by atoms with Gasteiger partial charge < -0.3 is 15.6 Å². The third-order valence-corrected chi connectivity index (χ3v) is 4.39. The standard InChI is InChI=1S/C13H22N2O2S/c1-9-3-4-12(18-9)13(10(2)14)15-5-6-17-11(7-15)8-16/h3-4,10-11,13,16H,5-8,14H2,1-2H3. The number of aryl methyl sites for hydroxylation is 1. The van der Waals surface area contributed by atoms with Crippen LogP contribution in [0, 0.1) is 6.92 Å². The highest BCUT2D eigenvalue weighted by Crippen LogP contribution is 2.30. The second-order valence-electron chi connectivity index (χ2n) is 4.92. The number of hydrogen-bond donors (Lipinski definition) is 2. The van der Waals surface area contributed by atoms with E-state index in [1.54, 1.807) is 11.3 Å². The lowest BCUT2D eigenvalue weighted by Gasteiger charge is -2.39. The molecule has 3 N–H and O–H groups in total. The van der Waals surface area contributed by atoms with E-state index in [2.05, 4.69) is 24.0 Å². The Morgan fingerprint density at radius 2 is 2.39 bits per heavy atom. The van der Waals surface area contributed by atoms with Crippen molar-refractivity contribution in [3.05, 3.63) is 21.9 Å². The van der Waals surface area contributed by atoms with Gasteiger partial charge in [0.05, 0.1) is 25.4 Å². The average molecular weight is 270 g/mol. The summed E-state index contributed by atoms with van der Waals surface area (Å²) in [7, 11) is 0. The lowest BCUT2D eigenvalue weighted by atomic mass is 10.1. The smallest absolute Gasteiger partial charge is 0.0933 e. The van der Waals surface area contributed by atoms with Crippen LogP contribution in [0.2, 0.25) is 0 Å². The summed E-state index contributed by atoms with van der Waals surface area (Å²) in [5.41, 5.74) is 6.16. The molecule has 4 nitrogen and oxygen atoms in total. The fourth-order valence-corrected chi connectivity index (χ4v) is 3.62. The minimum atomic E-state index is -0.0824. The molecule has 2 heterocycles. The van der Waals surface area contributed by atoms with Crippen LogP contribution in [-0.4, -0.2) is 48.5 Å². The lowest BCUT2D eigenvalue weighted by molar-refractivity contribution is -0.0671. The van der Waals surface area contributed by atoms with Gasteiger partial charge in [-0.05, 0) is 26.0 Å². The summed E-state index contributed by atoms with van der Waals surface area (Å²) in [4.78, 5) is 4.95. The van der Waals surface area contributed by atoms with Gasteiger partial charge in [0.2, 0.25) is 0 Å². The summed E-state index contributed by atoms with van der Waals surface area (Å²) in [5, 5.41) is 9.22. The zero-order valence-electron chi connectivity index (χ0n) is 11.0. The fourth-order valence-electron chi connectivity index (χ4n) is 2.49. The summed E-state index contributed by atoms with van der Waals surface area (Å²) >= 11 is 1.80. The van der Waals surface area contributed by atoms with Gasteiger partial charge in [-0.25, -0.2) is 0 Å². The molecule has 102 valence electrons. The van der Waals surface area contributed by atoms with E-state index in [-0.39, 0.29) is 24.8 Å². The molecule has 1 aliphatic heterocycles. The summed E-state index contributed by atoms with van der Waals surface area (Å²) < 4.78 is 5.50. The number of morpholine rings is 1. The topological polar surface area (TPSA) is 58.7 Å². The maximum atomic E-state index is 9.22. The zero-order valence-corrected chi connectivity index (χ0v) is 11.8. The Bertz CT molecular complexity index is 381. The van der Waals surface area contributed by atoms with E-state index in [1.165, 1.54) is 9.75 Å². The largest absolute Gasteiger partial charge is 0.394 e. The Balaban J connectivity index is 2.14. The summed E-state index contributed by atoms with van der Waals surface area (Å²) in [6, 6.07) is 4.60. The van der Waals surface area contributed by atoms with Crippen molar-refractivity contribution < 1.29 is 9.84 Å². The number of ether oxygens (including phenoxy) is 1. The molecule has 3 atom stereocenters. The predicted octanol–water partition coefficient (Wildman–Crippen LogP) is 1.14. The van der Waals surface area contributed by atoms with E-state index in [1.807, 2.05) is 6.92 Å². The Morgan fingerprint density at radius 1 is 1.61 bits per heavy atom. The average Bonchev–Trinajstić information content (AvgIpc) is 2.75. The Kier molecular flexibility index (Phi) is 4.75. The predicted molar refractivity (Wildman–Crippen MR) is 73.8 cm³/mol. The zero-order chi connectivity index (χ0) is 13.1. The van der Waals surface area contributed by atoms with Crippen LogP contribution in [-0.2, 0) is 4.74 Å². The Morgan fingerprint density at radius 3 is 2.94 bits per heavy atom. The molecule has 0 radical (unpaired) electrons. The second kappa shape index (κ2) is 6.12. The van der Waals surface area contributed by atoms with Gasteiger partial charge in [-0.1, -0.05) is 0 Å². The van der Waals surface area contributed by atoms with Crippen LogP contribution in [0.15, 0.2) is 12.1 Å². The van der Waals surface area contributed by atoms with Crippen LogP contribution in [0.5, 0.6) is 0 Å². The van der Waals surface area contributed by atoms with Crippen molar-refractivity contribution in [3.63, 3.8) is 0 Å². The van der Waals surface area contributed by atoms with Gasteiger partial charge in [0.15, 0.2) is 0 Å². The minimum Gasteiger partial charge on any atom is -0.394 e. The maximum absolute atomic E-state index is 9.22. The molecule has 1 aromatic rings. The van der Waals surface area contributed by atoms with Gasteiger partial charge in [-0.3, -0.25) is 4.90 Å². The number of nitrogens with zero attached hydrogens (tertiary/aromatic N) is 1. The molecule has 1 aromatic heterocycles. The second-order valence-corrected chi connectivity index (χ2v) is 6.24. The highest BCUT2D eigenvalue weighted by molar-refractivity contribution is 7.12. The van der Waals surface area contributed by atoms with Gasteiger partial charge in [0.25, 0.3) is 0 Å². The van der Waals surface area contributed by atoms with Gasteiger partial charge in [0.1, 0.15) is 0 Å². The van der Waals surface area contributed by atoms with E-state index < -0.39 is 0 Å². The van der Waals surface area contributed by atoms with E-state index in [0.29, 0.717) is 6.61 Å². The van der Waals surface area contributed by atoms with Gasteiger partial charge in [-0.15, -0.1) is 11.3 Å². The first-order valence-electron chi connectivity index (χ1n) is 6.40. The summed E-state index contributed by atoms with van der Waals surface area (Å²) in [6.07, 6.45) is -0.0824. The van der Waals surface area contributed by atoms with Crippen LogP contribution in [0.25, 0.3) is 0 Å². The number of aliphatic hydroxyl groups excluding tert-OH is 1. The number of nitrogens with two attached hydrogens (primary N) is 1. The van der Waals surface area contributed by atoms with Crippen LogP contribution in [0.4, 0.5) is 0 Å². The van der Waals surface area contributed by atoms with E-state index >= 15 is 0 Å². The molecule has 1 aliphatic rings. The molecule has 1 saturated heterocycles. The Labute approximate surface area is 112 Å². The molecular formula is C13H22N2O2S. The first kappa shape index (κ1) is 14.0. The quantitative estimate of drug-likeness (QED) is 0.861. The number of rotatable bonds is 4. The van der Waals surface area contributed by atoms with E-state index in [0.717, 1.165) is 13.1 Å². The monoisotopic (exact) mass is 270 g/mol. The SMILES string of the molecule is Cc1ccc(C(C(C)N)N2CCOC(CO)C2)s1. The summed E-state index contributed by atoms with van der Waals surface area (Å²) in [5.74, 6) is 0. The van der Waals surface area contributed by atoms with Crippen molar-refractivity contribution in [3.8, 4) is 0 Å². The van der Waals surface area contributed by atoms with Gasteiger partial charge in [-0.2, -0.15) is 0 Å². The van der Waals surface area contributed by atoms with Crippen LogP contribution in [0.1, 0.15) is 22.7 Å².